The number of hydrogen-bond donors (Lipinski definition) is 1. The summed E-state index contributed by atoms with van der Waals surface area (Å²) in [6.45, 7) is 2.83. The zero-order chi connectivity index (χ0) is 13.8. The van der Waals surface area contributed by atoms with E-state index >= 15 is 0 Å². The van der Waals surface area contributed by atoms with Gasteiger partial charge in [-0.1, -0.05) is 17.7 Å². The number of hydrogen-bond acceptors (Lipinski definition) is 1. The fraction of sp³-hybridized carbons (Fsp3) is 0.200. The van der Waals surface area contributed by atoms with Crippen LogP contribution in [0.15, 0.2) is 36.4 Å². The zero-order valence-corrected chi connectivity index (χ0v) is 11.3. The van der Waals surface area contributed by atoms with Crippen molar-refractivity contribution in [3.8, 4) is 0 Å². The summed E-state index contributed by atoms with van der Waals surface area (Å²) in [5, 5.41) is 3.79. The molecule has 0 saturated carbocycles. The Morgan fingerprint density at radius 3 is 2.47 bits per heavy atom. The van der Waals surface area contributed by atoms with E-state index in [1.165, 1.54) is 6.07 Å². The van der Waals surface area contributed by atoms with Gasteiger partial charge >= 0.3 is 0 Å². The lowest BCUT2D eigenvalue weighted by atomic mass is 10.1. The molecule has 0 heterocycles. The van der Waals surface area contributed by atoms with E-state index in [0.29, 0.717) is 17.1 Å². The van der Waals surface area contributed by atoms with Gasteiger partial charge in [0.05, 0.1) is 0 Å². The van der Waals surface area contributed by atoms with Gasteiger partial charge in [0.1, 0.15) is 11.6 Å². The van der Waals surface area contributed by atoms with E-state index < -0.39 is 11.6 Å². The highest BCUT2D eigenvalue weighted by atomic mass is 35.5. The molecule has 4 heteroatoms. The highest BCUT2D eigenvalue weighted by Gasteiger charge is 2.04. The zero-order valence-electron chi connectivity index (χ0n) is 10.5. The monoisotopic (exact) mass is 281 g/mol. The highest BCUT2D eigenvalue weighted by molar-refractivity contribution is 6.30. The molecule has 2 rings (SSSR count). The van der Waals surface area contributed by atoms with Crippen LogP contribution in [0.25, 0.3) is 0 Å². The molecular weight excluding hydrogens is 268 g/mol. The third-order valence-electron chi connectivity index (χ3n) is 2.94. The maximum Gasteiger partial charge on any atom is 0.127 e. The van der Waals surface area contributed by atoms with Gasteiger partial charge in [0, 0.05) is 23.7 Å². The minimum absolute atomic E-state index is 0.283. The molecular formula is C15H14ClF2N. The Balaban J connectivity index is 1.98. The van der Waals surface area contributed by atoms with Crippen molar-refractivity contribution >= 4 is 11.6 Å². The summed E-state index contributed by atoms with van der Waals surface area (Å²) in [4.78, 5) is 0. The van der Waals surface area contributed by atoms with Gasteiger partial charge in [0.2, 0.25) is 0 Å². The molecule has 0 unspecified atom stereocenters. The molecule has 0 atom stereocenters. The number of nitrogens with one attached hydrogen (secondary N) is 1. The first-order valence-electron chi connectivity index (χ1n) is 5.96. The molecule has 0 aromatic heterocycles. The topological polar surface area (TPSA) is 12.0 Å². The van der Waals surface area contributed by atoms with Crippen LogP contribution < -0.4 is 5.32 Å². The van der Waals surface area contributed by atoms with E-state index in [0.717, 1.165) is 23.3 Å². The lowest BCUT2D eigenvalue weighted by Crippen LogP contribution is -2.14. The van der Waals surface area contributed by atoms with Crippen molar-refractivity contribution in [3.63, 3.8) is 0 Å². The van der Waals surface area contributed by atoms with Crippen molar-refractivity contribution < 1.29 is 8.78 Å². The number of rotatable bonds is 4. The average molecular weight is 282 g/mol. The molecule has 19 heavy (non-hydrogen) atoms. The summed E-state index contributed by atoms with van der Waals surface area (Å²) >= 11 is 5.87. The first kappa shape index (κ1) is 14.0. The third kappa shape index (κ3) is 3.75. The first-order valence-corrected chi connectivity index (χ1v) is 6.34. The largest absolute Gasteiger partial charge is 0.308 e. The van der Waals surface area contributed by atoms with Crippen LogP contribution in [0.2, 0.25) is 5.02 Å². The SMILES string of the molecule is Cc1cc(Cl)ccc1CNCc1cc(F)ccc1F. The number of benzene rings is 2. The van der Waals surface area contributed by atoms with Gasteiger partial charge in [0.15, 0.2) is 0 Å². The molecule has 0 saturated heterocycles. The molecule has 2 aromatic rings. The van der Waals surface area contributed by atoms with Crippen LogP contribution in [0.4, 0.5) is 8.78 Å². The lowest BCUT2D eigenvalue weighted by molar-refractivity contribution is 0.568. The number of halogens is 3. The molecule has 0 aliphatic carbocycles. The molecule has 2 aromatic carbocycles. The van der Waals surface area contributed by atoms with E-state index in [1.807, 2.05) is 25.1 Å². The van der Waals surface area contributed by atoms with Crippen molar-refractivity contribution in [2.75, 3.05) is 0 Å². The summed E-state index contributed by atoms with van der Waals surface area (Å²) in [6, 6.07) is 9.07. The second kappa shape index (κ2) is 6.13. The molecule has 1 N–H and O–H groups in total. The smallest absolute Gasteiger partial charge is 0.127 e. The van der Waals surface area contributed by atoms with E-state index in [-0.39, 0.29) is 6.54 Å². The maximum absolute atomic E-state index is 13.4. The Kier molecular flexibility index (Phi) is 4.51. The molecule has 1 nitrogen and oxygen atoms in total. The van der Waals surface area contributed by atoms with Gasteiger partial charge in [0.25, 0.3) is 0 Å². The van der Waals surface area contributed by atoms with Crippen molar-refractivity contribution in [2.45, 2.75) is 20.0 Å². The minimum Gasteiger partial charge on any atom is -0.308 e. The van der Waals surface area contributed by atoms with Crippen LogP contribution in [0.1, 0.15) is 16.7 Å². The normalized spacial score (nSPS) is 10.7. The molecule has 0 aliphatic rings. The van der Waals surface area contributed by atoms with Crippen molar-refractivity contribution in [3.05, 3.63) is 69.7 Å². The third-order valence-corrected chi connectivity index (χ3v) is 3.18. The second-order valence-electron chi connectivity index (χ2n) is 4.41. The summed E-state index contributed by atoms with van der Waals surface area (Å²) in [7, 11) is 0. The summed E-state index contributed by atoms with van der Waals surface area (Å²) in [5.41, 5.74) is 2.48. The van der Waals surface area contributed by atoms with Gasteiger partial charge in [-0.05, 0) is 48.4 Å². The maximum atomic E-state index is 13.4. The Morgan fingerprint density at radius 1 is 1.00 bits per heavy atom. The van der Waals surface area contributed by atoms with E-state index in [1.54, 1.807) is 0 Å². The average Bonchev–Trinajstić information content (AvgIpc) is 2.36. The highest BCUT2D eigenvalue weighted by Crippen LogP contribution is 2.15. The van der Waals surface area contributed by atoms with Crippen LogP contribution in [0.5, 0.6) is 0 Å². The van der Waals surface area contributed by atoms with Crippen molar-refractivity contribution in [2.24, 2.45) is 0 Å². The predicted octanol–water partition coefficient (Wildman–Crippen LogP) is 4.22. The molecule has 0 fully saturated rings. The van der Waals surface area contributed by atoms with Gasteiger partial charge in [-0.2, -0.15) is 0 Å². The quantitative estimate of drug-likeness (QED) is 0.885. The van der Waals surface area contributed by atoms with Crippen LogP contribution in [0, 0.1) is 18.6 Å². The Hall–Kier alpha value is -1.45. The first-order chi connectivity index (χ1) is 9.06. The van der Waals surface area contributed by atoms with Gasteiger partial charge in [-0.15, -0.1) is 0 Å². The van der Waals surface area contributed by atoms with Crippen LogP contribution in [-0.4, -0.2) is 0 Å². The lowest BCUT2D eigenvalue weighted by Gasteiger charge is -2.09. The van der Waals surface area contributed by atoms with Crippen molar-refractivity contribution in [1.82, 2.24) is 5.32 Å². The minimum atomic E-state index is -0.430. The molecule has 100 valence electrons. The van der Waals surface area contributed by atoms with Crippen molar-refractivity contribution in [1.29, 1.82) is 0 Å². The second-order valence-corrected chi connectivity index (χ2v) is 4.85. The van der Waals surface area contributed by atoms with E-state index in [2.05, 4.69) is 5.32 Å². The fourth-order valence-electron chi connectivity index (χ4n) is 1.87. The van der Waals surface area contributed by atoms with Crippen LogP contribution in [0.3, 0.4) is 0 Å². The van der Waals surface area contributed by atoms with Gasteiger partial charge in [-0.25, -0.2) is 8.78 Å². The Labute approximate surface area is 116 Å². The standard InChI is InChI=1S/C15H14ClF2N/c1-10-6-13(16)3-2-11(10)8-19-9-12-7-14(17)4-5-15(12)18/h2-7,19H,8-9H2,1H3. The summed E-state index contributed by atoms with van der Waals surface area (Å²) < 4.78 is 26.4. The van der Waals surface area contributed by atoms with Gasteiger partial charge in [-0.3, -0.25) is 0 Å². The number of aryl methyl sites for hydroxylation is 1. The molecule has 0 spiro atoms. The van der Waals surface area contributed by atoms with E-state index in [9.17, 15) is 8.78 Å². The summed E-state index contributed by atoms with van der Waals surface area (Å²) in [5.74, 6) is -0.831. The molecule has 0 aliphatic heterocycles. The van der Waals surface area contributed by atoms with E-state index in [4.69, 9.17) is 11.6 Å². The van der Waals surface area contributed by atoms with Crippen LogP contribution >= 0.6 is 11.6 Å². The molecule has 0 bridgehead atoms. The van der Waals surface area contributed by atoms with Gasteiger partial charge < -0.3 is 5.32 Å². The van der Waals surface area contributed by atoms with Crippen LogP contribution in [-0.2, 0) is 13.1 Å². The Bertz CT molecular complexity index is 584. The summed E-state index contributed by atoms with van der Waals surface area (Å²) in [6.07, 6.45) is 0. The Morgan fingerprint density at radius 2 is 1.74 bits per heavy atom. The predicted molar refractivity (Wildman–Crippen MR) is 73.1 cm³/mol. The fourth-order valence-corrected chi connectivity index (χ4v) is 2.09. The molecule has 0 radical (unpaired) electrons. The molecule has 0 amide bonds.